The molecule has 0 fully saturated rings. The third kappa shape index (κ3) is 2.74. The molecule has 0 bridgehead atoms. The van der Waals surface area contributed by atoms with Crippen molar-refractivity contribution in [2.75, 3.05) is 14.2 Å². The molecular weight excluding hydrogens is 318 g/mol. The molecule has 2 aromatic rings. The number of nitrogens with one attached hydrogen (secondary N) is 1. The number of hydrogen-bond acceptors (Lipinski definition) is 3. The molecule has 1 aromatic carbocycles. The maximum Gasteiger partial charge on any atom is 0.161 e. The summed E-state index contributed by atoms with van der Waals surface area (Å²) in [7, 11) is 3.63. The molecule has 0 aliphatic carbocycles. The fourth-order valence-electron chi connectivity index (χ4n) is 2.38. The van der Waals surface area contributed by atoms with Crippen molar-refractivity contribution < 1.29 is 4.74 Å². The van der Waals surface area contributed by atoms with E-state index in [1.165, 1.54) is 11.1 Å². The van der Waals surface area contributed by atoms with E-state index in [2.05, 4.69) is 58.4 Å². The molecule has 0 spiro atoms. The fraction of sp³-hybridized carbons (Fsp3) is 0.400. The summed E-state index contributed by atoms with van der Waals surface area (Å²) < 4.78 is 8.51. The number of halogens is 1. The summed E-state index contributed by atoms with van der Waals surface area (Å²) in [6.45, 7) is 4.97. The lowest BCUT2D eigenvalue weighted by atomic mass is 10.0. The summed E-state index contributed by atoms with van der Waals surface area (Å²) >= 11 is 3.66. The van der Waals surface area contributed by atoms with E-state index < -0.39 is 0 Å². The smallest absolute Gasteiger partial charge is 0.161 e. The standard InChI is InChI=1S/C15H20BrN3O/c1-5-19-15(13(20-4)9-18-19)14(17-3)11-7-6-10(2)8-12(11)16/h6-9,14,17H,5H2,1-4H3. The van der Waals surface area contributed by atoms with Crippen LogP contribution in [-0.2, 0) is 6.54 Å². The van der Waals surface area contributed by atoms with E-state index in [0.29, 0.717) is 0 Å². The second-order valence-electron chi connectivity index (χ2n) is 4.66. The maximum absolute atomic E-state index is 5.46. The molecule has 20 heavy (non-hydrogen) atoms. The summed E-state index contributed by atoms with van der Waals surface area (Å²) in [5.41, 5.74) is 3.44. The molecule has 0 amide bonds. The minimum absolute atomic E-state index is 0.0300. The van der Waals surface area contributed by atoms with Gasteiger partial charge in [-0.25, -0.2) is 0 Å². The van der Waals surface area contributed by atoms with Crippen LogP contribution in [0.4, 0.5) is 0 Å². The van der Waals surface area contributed by atoms with Crippen LogP contribution in [0.5, 0.6) is 5.75 Å². The first-order valence-corrected chi connectivity index (χ1v) is 7.44. The predicted octanol–water partition coefficient (Wildman–Crippen LogP) is 3.29. The molecule has 0 aliphatic heterocycles. The lowest BCUT2D eigenvalue weighted by Gasteiger charge is -2.21. The van der Waals surface area contributed by atoms with Gasteiger partial charge in [-0.15, -0.1) is 0 Å². The number of aryl methyl sites for hydroxylation is 2. The molecule has 1 aromatic heterocycles. The van der Waals surface area contributed by atoms with E-state index in [1.807, 2.05) is 11.7 Å². The van der Waals surface area contributed by atoms with Gasteiger partial charge in [0.15, 0.2) is 5.75 Å². The third-order valence-corrected chi connectivity index (χ3v) is 4.08. The van der Waals surface area contributed by atoms with Crippen LogP contribution in [-0.4, -0.2) is 23.9 Å². The van der Waals surface area contributed by atoms with Gasteiger partial charge in [-0.05, 0) is 38.1 Å². The van der Waals surface area contributed by atoms with Crippen LogP contribution in [0.3, 0.4) is 0 Å². The minimum Gasteiger partial charge on any atom is -0.493 e. The molecule has 1 N–H and O–H groups in total. The quantitative estimate of drug-likeness (QED) is 0.909. The van der Waals surface area contributed by atoms with Gasteiger partial charge in [0.05, 0.1) is 19.3 Å². The average Bonchev–Trinajstić information content (AvgIpc) is 2.85. The third-order valence-electron chi connectivity index (χ3n) is 3.39. The zero-order valence-corrected chi connectivity index (χ0v) is 13.9. The molecule has 108 valence electrons. The van der Waals surface area contributed by atoms with Crippen molar-refractivity contribution in [3.05, 3.63) is 45.7 Å². The Labute approximate surface area is 128 Å². The van der Waals surface area contributed by atoms with Gasteiger partial charge in [-0.3, -0.25) is 4.68 Å². The van der Waals surface area contributed by atoms with Crippen molar-refractivity contribution in [1.82, 2.24) is 15.1 Å². The van der Waals surface area contributed by atoms with Gasteiger partial charge in [-0.1, -0.05) is 28.1 Å². The van der Waals surface area contributed by atoms with Gasteiger partial charge in [0, 0.05) is 11.0 Å². The molecule has 0 saturated heterocycles. The van der Waals surface area contributed by atoms with Crippen LogP contribution in [0.25, 0.3) is 0 Å². The molecule has 0 aliphatic rings. The topological polar surface area (TPSA) is 39.1 Å². The van der Waals surface area contributed by atoms with E-state index in [-0.39, 0.29) is 6.04 Å². The summed E-state index contributed by atoms with van der Waals surface area (Å²) in [5, 5.41) is 7.74. The van der Waals surface area contributed by atoms with Crippen LogP contribution in [0.1, 0.15) is 29.8 Å². The number of hydrogen-bond donors (Lipinski definition) is 1. The first kappa shape index (κ1) is 15.1. The molecule has 0 saturated carbocycles. The number of ether oxygens (including phenoxy) is 1. The van der Waals surface area contributed by atoms with Crippen LogP contribution in [0, 0.1) is 6.92 Å². The van der Waals surface area contributed by atoms with Crippen molar-refractivity contribution in [2.24, 2.45) is 0 Å². The van der Waals surface area contributed by atoms with E-state index in [4.69, 9.17) is 4.74 Å². The summed E-state index contributed by atoms with van der Waals surface area (Å²) in [5.74, 6) is 0.804. The Balaban J connectivity index is 2.54. The van der Waals surface area contributed by atoms with E-state index in [1.54, 1.807) is 13.3 Å². The largest absolute Gasteiger partial charge is 0.493 e. The highest BCUT2D eigenvalue weighted by Crippen LogP contribution is 2.33. The van der Waals surface area contributed by atoms with Crippen molar-refractivity contribution in [2.45, 2.75) is 26.4 Å². The van der Waals surface area contributed by atoms with Gasteiger partial charge in [0.1, 0.15) is 5.69 Å². The molecule has 2 rings (SSSR count). The molecule has 4 nitrogen and oxygen atoms in total. The van der Waals surface area contributed by atoms with E-state index in [9.17, 15) is 0 Å². The zero-order chi connectivity index (χ0) is 14.7. The maximum atomic E-state index is 5.46. The number of aromatic nitrogens is 2. The lowest BCUT2D eigenvalue weighted by molar-refractivity contribution is 0.401. The van der Waals surface area contributed by atoms with Crippen molar-refractivity contribution >= 4 is 15.9 Å². The van der Waals surface area contributed by atoms with E-state index in [0.717, 1.165) is 22.5 Å². The van der Waals surface area contributed by atoms with E-state index >= 15 is 0 Å². The molecule has 1 heterocycles. The van der Waals surface area contributed by atoms with Gasteiger partial charge < -0.3 is 10.1 Å². The van der Waals surface area contributed by atoms with Gasteiger partial charge in [0.2, 0.25) is 0 Å². The Morgan fingerprint density at radius 1 is 1.45 bits per heavy atom. The highest BCUT2D eigenvalue weighted by atomic mass is 79.9. The second-order valence-corrected chi connectivity index (χ2v) is 5.51. The van der Waals surface area contributed by atoms with Crippen molar-refractivity contribution in [1.29, 1.82) is 0 Å². The number of nitrogens with zero attached hydrogens (tertiary/aromatic N) is 2. The monoisotopic (exact) mass is 337 g/mol. The highest BCUT2D eigenvalue weighted by Gasteiger charge is 2.23. The fourth-order valence-corrected chi connectivity index (χ4v) is 3.11. The summed E-state index contributed by atoms with van der Waals surface area (Å²) in [6, 6.07) is 6.40. The average molecular weight is 338 g/mol. The summed E-state index contributed by atoms with van der Waals surface area (Å²) in [6.07, 6.45) is 1.77. The number of rotatable bonds is 5. The number of methoxy groups -OCH3 is 1. The van der Waals surface area contributed by atoms with Gasteiger partial charge in [0.25, 0.3) is 0 Å². The Morgan fingerprint density at radius 2 is 2.20 bits per heavy atom. The lowest BCUT2D eigenvalue weighted by Crippen LogP contribution is -2.22. The van der Waals surface area contributed by atoms with Crippen LogP contribution in [0.15, 0.2) is 28.9 Å². The first-order chi connectivity index (χ1) is 9.62. The molecule has 1 unspecified atom stereocenters. The molecule has 5 heteroatoms. The van der Waals surface area contributed by atoms with Crippen molar-refractivity contribution in [3.63, 3.8) is 0 Å². The highest BCUT2D eigenvalue weighted by molar-refractivity contribution is 9.10. The molecule has 0 radical (unpaired) electrons. The van der Waals surface area contributed by atoms with Gasteiger partial charge >= 0.3 is 0 Å². The molecular formula is C15H20BrN3O. The first-order valence-electron chi connectivity index (χ1n) is 6.65. The Hall–Kier alpha value is -1.33. The SMILES string of the molecule is CCn1ncc(OC)c1C(NC)c1ccc(C)cc1Br. The van der Waals surface area contributed by atoms with Crippen LogP contribution in [0.2, 0.25) is 0 Å². The minimum atomic E-state index is 0.0300. The zero-order valence-electron chi connectivity index (χ0n) is 12.3. The Morgan fingerprint density at radius 3 is 2.75 bits per heavy atom. The van der Waals surface area contributed by atoms with Crippen molar-refractivity contribution in [3.8, 4) is 5.75 Å². The predicted molar refractivity (Wildman–Crippen MR) is 84.2 cm³/mol. The Bertz CT molecular complexity index is 573. The normalized spacial score (nSPS) is 12.4. The number of benzene rings is 1. The van der Waals surface area contributed by atoms with Crippen LogP contribution < -0.4 is 10.1 Å². The molecule has 1 atom stereocenters. The second kappa shape index (κ2) is 6.41. The van der Waals surface area contributed by atoms with Crippen LogP contribution >= 0.6 is 15.9 Å². The van der Waals surface area contributed by atoms with Gasteiger partial charge in [-0.2, -0.15) is 5.10 Å². The Kier molecular flexibility index (Phi) is 4.83. The summed E-state index contributed by atoms with van der Waals surface area (Å²) in [4.78, 5) is 0.